The van der Waals surface area contributed by atoms with E-state index < -0.39 is 97.5 Å². The van der Waals surface area contributed by atoms with Crippen molar-refractivity contribution in [3.63, 3.8) is 0 Å². The normalized spacial score (nSPS) is 14.5. The first kappa shape index (κ1) is 86.1. The molecule has 0 rings (SSSR count). The number of esters is 4. The predicted molar refractivity (Wildman–Crippen MR) is 354 cm³/mol. The van der Waals surface area contributed by atoms with Gasteiger partial charge in [-0.2, -0.15) is 0 Å². The van der Waals surface area contributed by atoms with Crippen LogP contribution < -0.4 is 0 Å². The number of phosphoric ester groups is 2. The van der Waals surface area contributed by atoms with Gasteiger partial charge in [0.2, 0.25) is 0 Å². The predicted octanol–water partition coefficient (Wildman–Crippen LogP) is 19.5. The number of rotatable bonds is 67. The highest BCUT2D eigenvalue weighted by atomic mass is 31.2. The summed E-state index contributed by atoms with van der Waals surface area (Å²) in [5.74, 6) is 0.111. The third-order valence-corrected chi connectivity index (χ3v) is 18.1. The van der Waals surface area contributed by atoms with Gasteiger partial charge in [-0.25, -0.2) is 9.13 Å². The van der Waals surface area contributed by atoms with Gasteiger partial charge in [0.25, 0.3) is 0 Å². The molecular weight excluding hydrogens is 1160 g/mol. The largest absolute Gasteiger partial charge is 0.472 e. The lowest BCUT2D eigenvalue weighted by Crippen LogP contribution is -2.30. The van der Waals surface area contributed by atoms with Gasteiger partial charge in [-0.3, -0.25) is 37.3 Å². The Bertz CT molecular complexity index is 1730. The Labute approximate surface area is 537 Å². The molecule has 0 saturated heterocycles. The molecule has 6 atom stereocenters. The number of hydrogen-bond acceptors (Lipinski definition) is 15. The lowest BCUT2D eigenvalue weighted by atomic mass is 9.99. The second kappa shape index (κ2) is 60.0. The molecule has 0 aromatic rings. The Morgan fingerprint density at radius 3 is 0.864 bits per heavy atom. The van der Waals surface area contributed by atoms with Crippen LogP contribution in [0.4, 0.5) is 0 Å². The van der Waals surface area contributed by atoms with Crippen LogP contribution in [0.2, 0.25) is 0 Å². The standard InChI is InChI=1S/C69H134O17P2/c1-8-10-11-12-13-14-15-16-17-20-31-38-45-52-68(73)85-64(56-79-66(71)50-43-36-29-21-18-19-26-33-40-47-60(3)4)58-83-87(75,76)81-54-63(70)55-82-88(77,78)84-59-65(57-80-67(72)51-44-37-30-24-22-27-34-41-48-61(5)6)86-69(74)53-46-39-32-25-23-28-35-42-49-62(7)9-2/h60-65,70H,8-59H2,1-7H3,(H,75,76)(H,77,78)/t62?,63-,64-,65-/m1/s1. The number of hydrogen-bond donors (Lipinski definition) is 3. The molecule has 0 heterocycles. The van der Waals surface area contributed by atoms with Gasteiger partial charge in [-0.15, -0.1) is 0 Å². The molecule has 0 aliphatic heterocycles. The van der Waals surface area contributed by atoms with E-state index in [1.165, 1.54) is 154 Å². The Hall–Kier alpha value is -1.94. The van der Waals surface area contributed by atoms with E-state index in [0.717, 1.165) is 108 Å². The van der Waals surface area contributed by atoms with Crippen molar-refractivity contribution in [2.45, 2.75) is 362 Å². The summed E-state index contributed by atoms with van der Waals surface area (Å²) in [6.45, 7) is 11.8. The molecule has 88 heavy (non-hydrogen) atoms. The summed E-state index contributed by atoms with van der Waals surface area (Å²) in [5.41, 5.74) is 0. The van der Waals surface area contributed by atoms with Gasteiger partial charge in [-0.1, -0.05) is 292 Å². The highest BCUT2D eigenvalue weighted by Gasteiger charge is 2.30. The van der Waals surface area contributed by atoms with Crippen molar-refractivity contribution in [3.05, 3.63) is 0 Å². The number of phosphoric acid groups is 2. The Balaban J connectivity index is 5.27. The van der Waals surface area contributed by atoms with Gasteiger partial charge in [0.1, 0.15) is 19.3 Å². The molecule has 17 nitrogen and oxygen atoms in total. The molecule has 3 N–H and O–H groups in total. The maximum Gasteiger partial charge on any atom is 0.472 e. The van der Waals surface area contributed by atoms with E-state index in [-0.39, 0.29) is 25.7 Å². The third-order valence-electron chi connectivity index (χ3n) is 16.2. The number of carbonyl (C=O) groups excluding carboxylic acids is 4. The van der Waals surface area contributed by atoms with Gasteiger partial charge >= 0.3 is 39.5 Å². The average Bonchev–Trinajstić information content (AvgIpc) is 3.53. The number of aliphatic hydroxyl groups is 1. The van der Waals surface area contributed by atoms with E-state index in [1.807, 2.05) is 0 Å². The van der Waals surface area contributed by atoms with Crippen LogP contribution in [-0.2, 0) is 65.4 Å². The summed E-state index contributed by atoms with van der Waals surface area (Å²) in [5, 5.41) is 10.6. The molecule has 0 fully saturated rings. The zero-order chi connectivity index (χ0) is 65.2. The zero-order valence-electron chi connectivity index (χ0n) is 57.2. The van der Waals surface area contributed by atoms with Crippen molar-refractivity contribution in [1.29, 1.82) is 0 Å². The fourth-order valence-corrected chi connectivity index (χ4v) is 11.9. The number of aliphatic hydroxyl groups excluding tert-OH is 1. The van der Waals surface area contributed by atoms with Crippen molar-refractivity contribution >= 4 is 39.5 Å². The van der Waals surface area contributed by atoms with Crippen molar-refractivity contribution in [2.24, 2.45) is 17.8 Å². The van der Waals surface area contributed by atoms with Crippen LogP contribution in [-0.4, -0.2) is 96.7 Å². The molecule has 0 bridgehead atoms. The lowest BCUT2D eigenvalue weighted by Gasteiger charge is -2.21. The summed E-state index contributed by atoms with van der Waals surface area (Å²) < 4.78 is 68.2. The van der Waals surface area contributed by atoms with Gasteiger partial charge in [-0.05, 0) is 43.4 Å². The van der Waals surface area contributed by atoms with Crippen LogP contribution in [0, 0.1) is 17.8 Å². The number of carbonyl (C=O) groups is 4. The fourth-order valence-electron chi connectivity index (χ4n) is 10.3. The Morgan fingerprint density at radius 2 is 0.580 bits per heavy atom. The quantitative estimate of drug-likeness (QED) is 0.0222. The maximum atomic E-state index is 13.0. The molecule has 0 aromatic heterocycles. The van der Waals surface area contributed by atoms with E-state index in [1.54, 1.807) is 0 Å². The fraction of sp³-hybridized carbons (Fsp3) is 0.942. The Morgan fingerprint density at radius 1 is 0.330 bits per heavy atom. The van der Waals surface area contributed by atoms with Crippen LogP contribution in [0.15, 0.2) is 0 Å². The van der Waals surface area contributed by atoms with E-state index in [0.29, 0.717) is 25.7 Å². The average molecular weight is 1300 g/mol. The summed E-state index contributed by atoms with van der Waals surface area (Å²) in [7, 11) is -9.90. The van der Waals surface area contributed by atoms with Crippen molar-refractivity contribution < 1.29 is 80.2 Å². The molecule has 0 saturated carbocycles. The van der Waals surface area contributed by atoms with Crippen LogP contribution in [0.5, 0.6) is 0 Å². The van der Waals surface area contributed by atoms with Gasteiger partial charge in [0.05, 0.1) is 26.4 Å². The highest BCUT2D eigenvalue weighted by Crippen LogP contribution is 2.45. The van der Waals surface area contributed by atoms with Crippen LogP contribution >= 0.6 is 15.6 Å². The summed E-state index contributed by atoms with van der Waals surface area (Å²) in [6.07, 6.45) is 43.0. The number of unbranched alkanes of at least 4 members (excludes halogenated alkanes) is 34. The summed E-state index contributed by atoms with van der Waals surface area (Å²) in [6, 6.07) is 0. The summed E-state index contributed by atoms with van der Waals surface area (Å²) >= 11 is 0. The first-order valence-corrected chi connectivity index (χ1v) is 38.9. The highest BCUT2D eigenvalue weighted by molar-refractivity contribution is 7.47. The molecule has 0 amide bonds. The first-order chi connectivity index (χ1) is 42.3. The minimum absolute atomic E-state index is 0.104. The second-order valence-corrected chi connectivity index (χ2v) is 29.0. The topological polar surface area (TPSA) is 237 Å². The smallest absolute Gasteiger partial charge is 0.462 e. The van der Waals surface area contributed by atoms with Crippen LogP contribution in [0.25, 0.3) is 0 Å². The van der Waals surface area contributed by atoms with Gasteiger partial charge < -0.3 is 33.8 Å². The molecular formula is C69H134O17P2. The number of ether oxygens (including phenoxy) is 4. The maximum absolute atomic E-state index is 13.0. The Kier molecular flexibility index (Phi) is 58.7. The van der Waals surface area contributed by atoms with E-state index in [2.05, 4.69) is 48.5 Å². The minimum Gasteiger partial charge on any atom is -0.462 e. The van der Waals surface area contributed by atoms with Crippen LogP contribution in [0.3, 0.4) is 0 Å². The van der Waals surface area contributed by atoms with Crippen molar-refractivity contribution in [2.75, 3.05) is 39.6 Å². The molecule has 0 spiro atoms. The van der Waals surface area contributed by atoms with E-state index in [4.69, 9.17) is 37.0 Å². The van der Waals surface area contributed by atoms with Crippen molar-refractivity contribution in [3.8, 4) is 0 Å². The lowest BCUT2D eigenvalue weighted by molar-refractivity contribution is -0.161. The molecule has 0 aliphatic rings. The molecule has 0 aliphatic carbocycles. The van der Waals surface area contributed by atoms with Crippen LogP contribution in [0.1, 0.15) is 344 Å². The van der Waals surface area contributed by atoms with E-state index >= 15 is 0 Å². The van der Waals surface area contributed by atoms with Crippen molar-refractivity contribution in [1.82, 2.24) is 0 Å². The molecule has 0 radical (unpaired) electrons. The first-order valence-electron chi connectivity index (χ1n) is 35.9. The molecule has 0 aromatic carbocycles. The molecule has 3 unspecified atom stereocenters. The third kappa shape index (κ3) is 61.6. The van der Waals surface area contributed by atoms with Gasteiger partial charge in [0.15, 0.2) is 12.2 Å². The minimum atomic E-state index is -4.95. The monoisotopic (exact) mass is 1300 g/mol. The SMILES string of the molecule is CCCCCCCCCCCCCCCC(=O)O[C@H](COC(=O)CCCCCCCCCCCC(C)C)COP(=O)(O)OC[C@@H](O)COP(=O)(O)OC[C@@H](COC(=O)CCCCCCCCCCC(C)C)OC(=O)CCCCCCCCCCC(C)CC. The molecule has 19 heteroatoms. The molecule has 522 valence electrons. The van der Waals surface area contributed by atoms with Gasteiger partial charge in [0, 0.05) is 25.7 Å². The second-order valence-electron chi connectivity index (χ2n) is 26.1. The summed E-state index contributed by atoms with van der Waals surface area (Å²) in [4.78, 5) is 72.5. The zero-order valence-corrected chi connectivity index (χ0v) is 59.0. The van der Waals surface area contributed by atoms with E-state index in [9.17, 15) is 43.2 Å².